The molecule has 0 saturated carbocycles. The number of hydroxylamine groups is 1. The number of rotatable bonds is 5. The summed E-state index contributed by atoms with van der Waals surface area (Å²) in [4.78, 5) is 0. The molecule has 0 radical (unpaired) electrons. The van der Waals surface area contributed by atoms with Crippen LogP contribution in [0.15, 0.2) is 53.1 Å². The Balaban J connectivity index is 2.49. The molecule has 1 heterocycles. The first kappa shape index (κ1) is 16.6. The summed E-state index contributed by atoms with van der Waals surface area (Å²) in [5.41, 5.74) is 0.337. The zero-order valence-corrected chi connectivity index (χ0v) is 13.6. The van der Waals surface area contributed by atoms with Crippen molar-refractivity contribution >= 4 is 14.0 Å². The molecule has 0 aliphatic rings. The summed E-state index contributed by atoms with van der Waals surface area (Å²) in [7, 11) is -2.27. The highest BCUT2D eigenvalue weighted by Gasteiger charge is 2.48. The molecule has 0 N–H and O–H groups in total. The second-order valence-electron chi connectivity index (χ2n) is 5.82. The first-order valence-electron chi connectivity index (χ1n) is 6.82. The minimum Gasteiger partial charge on any atom is -0.467 e. The molecular formula is C15H18F3NO2Si. The Morgan fingerprint density at radius 1 is 1.05 bits per heavy atom. The lowest BCUT2D eigenvalue weighted by atomic mass is 10.2. The second-order valence-corrected chi connectivity index (χ2v) is 10.2. The van der Waals surface area contributed by atoms with Crippen molar-refractivity contribution in [3.63, 3.8) is 0 Å². The Morgan fingerprint density at radius 2 is 1.68 bits per heavy atom. The molecule has 1 aromatic carbocycles. The molecule has 1 aromatic heterocycles. The van der Waals surface area contributed by atoms with E-state index in [4.69, 9.17) is 8.94 Å². The average molecular weight is 329 g/mol. The van der Waals surface area contributed by atoms with Crippen molar-refractivity contribution in [1.82, 2.24) is 0 Å². The summed E-state index contributed by atoms with van der Waals surface area (Å²) in [6.07, 6.45) is -3.31. The topological polar surface area (TPSA) is 25.6 Å². The Bertz CT molecular complexity index is 579. The third kappa shape index (κ3) is 4.14. The highest BCUT2D eigenvalue weighted by atomic mass is 28.4. The molecule has 1 unspecified atom stereocenters. The minimum absolute atomic E-state index is 0.199. The standard InChI is InChI=1S/C15H18F3NO2Si/c1-22(2,3)21-19(12-8-5-4-6-9-12)14(15(16,17)18)13-10-7-11-20-13/h4-11,14H,1-3H3. The predicted molar refractivity (Wildman–Crippen MR) is 80.9 cm³/mol. The molecule has 0 saturated heterocycles. The SMILES string of the molecule is C[Si](C)(C)ON(c1ccccc1)C(c1ccco1)C(F)(F)F. The highest BCUT2D eigenvalue weighted by molar-refractivity contribution is 6.69. The van der Waals surface area contributed by atoms with Gasteiger partial charge in [-0.3, -0.25) is 0 Å². The summed E-state index contributed by atoms with van der Waals surface area (Å²) in [6, 6.07) is 9.01. The molecule has 0 spiro atoms. The van der Waals surface area contributed by atoms with E-state index in [1.165, 1.54) is 18.4 Å². The van der Waals surface area contributed by atoms with Crippen molar-refractivity contribution < 1.29 is 22.1 Å². The van der Waals surface area contributed by atoms with Crippen molar-refractivity contribution in [3.8, 4) is 0 Å². The normalized spacial score (nSPS) is 13.9. The lowest BCUT2D eigenvalue weighted by Gasteiger charge is -2.36. The fraction of sp³-hybridized carbons (Fsp3) is 0.333. The van der Waals surface area contributed by atoms with E-state index >= 15 is 0 Å². The summed E-state index contributed by atoms with van der Waals surface area (Å²) < 4.78 is 51.6. The molecular weight excluding hydrogens is 311 g/mol. The van der Waals surface area contributed by atoms with Crippen LogP contribution < -0.4 is 5.06 Å². The summed E-state index contributed by atoms with van der Waals surface area (Å²) in [6.45, 7) is 5.50. The zero-order chi connectivity index (χ0) is 16.4. The number of benzene rings is 1. The Kier molecular flexibility index (Phi) is 4.67. The number of para-hydroxylation sites is 1. The number of anilines is 1. The lowest BCUT2D eigenvalue weighted by molar-refractivity contribution is -0.165. The van der Waals surface area contributed by atoms with Gasteiger partial charge < -0.3 is 8.94 Å². The average Bonchev–Trinajstić information content (AvgIpc) is 2.89. The van der Waals surface area contributed by atoms with E-state index in [-0.39, 0.29) is 5.76 Å². The lowest BCUT2D eigenvalue weighted by Crippen LogP contribution is -2.45. The predicted octanol–water partition coefficient (Wildman–Crippen LogP) is 5.16. The van der Waals surface area contributed by atoms with Gasteiger partial charge in [0.2, 0.25) is 14.4 Å². The molecule has 0 aliphatic carbocycles. The smallest absolute Gasteiger partial charge is 0.418 e. The van der Waals surface area contributed by atoms with E-state index < -0.39 is 20.5 Å². The van der Waals surface area contributed by atoms with E-state index in [0.717, 1.165) is 5.06 Å². The summed E-state index contributed by atoms with van der Waals surface area (Å²) >= 11 is 0. The van der Waals surface area contributed by atoms with Crippen LogP contribution >= 0.6 is 0 Å². The molecule has 2 rings (SSSR count). The first-order chi connectivity index (χ1) is 10.2. The number of furan rings is 1. The van der Waals surface area contributed by atoms with Gasteiger partial charge in [0.05, 0.1) is 12.0 Å². The Hall–Kier alpha value is -1.73. The van der Waals surface area contributed by atoms with Crippen molar-refractivity contribution in [3.05, 3.63) is 54.5 Å². The molecule has 7 heteroatoms. The van der Waals surface area contributed by atoms with Crippen molar-refractivity contribution in [2.75, 3.05) is 5.06 Å². The van der Waals surface area contributed by atoms with Crippen LogP contribution in [0.4, 0.5) is 18.9 Å². The molecule has 1 atom stereocenters. The van der Waals surface area contributed by atoms with E-state index in [9.17, 15) is 13.2 Å². The van der Waals surface area contributed by atoms with Crippen LogP contribution in [-0.4, -0.2) is 14.5 Å². The number of hydrogen-bond acceptors (Lipinski definition) is 3. The molecule has 2 aromatic rings. The van der Waals surface area contributed by atoms with Crippen LogP contribution in [0.5, 0.6) is 0 Å². The van der Waals surface area contributed by atoms with Gasteiger partial charge in [-0.1, -0.05) is 18.2 Å². The monoisotopic (exact) mass is 329 g/mol. The van der Waals surface area contributed by atoms with Gasteiger partial charge in [-0.2, -0.15) is 13.2 Å². The number of nitrogens with zero attached hydrogens (tertiary/aromatic N) is 1. The third-order valence-corrected chi connectivity index (χ3v) is 3.48. The van der Waals surface area contributed by atoms with Crippen LogP contribution in [-0.2, 0) is 4.53 Å². The molecule has 0 aliphatic heterocycles. The van der Waals surface area contributed by atoms with Crippen molar-refractivity contribution in [2.24, 2.45) is 0 Å². The van der Waals surface area contributed by atoms with E-state index in [0.29, 0.717) is 5.69 Å². The van der Waals surface area contributed by atoms with Gasteiger partial charge >= 0.3 is 6.18 Å². The Morgan fingerprint density at radius 3 is 2.14 bits per heavy atom. The quantitative estimate of drug-likeness (QED) is 0.560. The maximum Gasteiger partial charge on any atom is 0.418 e. The summed E-state index contributed by atoms with van der Waals surface area (Å²) in [5.74, 6) is -0.199. The molecule has 0 fully saturated rings. The van der Waals surface area contributed by atoms with Gasteiger partial charge in [0, 0.05) is 0 Å². The first-order valence-corrected chi connectivity index (χ1v) is 10.2. The number of halogens is 3. The van der Waals surface area contributed by atoms with Crippen molar-refractivity contribution in [1.29, 1.82) is 0 Å². The fourth-order valence-electron chi connectivity index (χ4n) is 1.98. The molecule has 0 amide bonds. The maximum atomic E-state index is 13.6. The highest BCUT2D eigenvalue weighted by Crippen LogP contribution is 2.41. The second kappa shape index (κ2) is 6.17. The zero-order valence-electron chi connectivity index (χ0n) is 12.6. The summed E-state index contributed by atoms with van der Waals surface area (Å²) in [5, 5.41) is 0.922. The molecule has 120 valence electrons. The van der Waals surface area contributed by atoms with Gasteiger partial charge in [0.25, 0.3) is 0 Å². The molecule has 3 nitrogen and oxygen atoms in total. The van der Waals surface area contributed by atoms with Crippen LogP contribution in [0.3, 0.4) is 0 Å². The van der Waals surface area contributed by atoms with E-state index in [2.05, 4.69) is 0 Å². The molecule has 0 bridgehead atoms. The van der Waals surface area contributed by atoms with E-state index in [1.54, 1.807) is 30.3 Å². The number of hydrogen-bond donors (Lipinski definition) is 0. The minimum atomic E-state index is -4.53. The number of alkyl halides is 3. The maximum absolute atomic E-state index is 13.6. The van der Waals surface area contributed by atoms with Crippen LogP contribution in [0.25, 0.3) is 0 Å². The van der Waals surface area contributed by atoms with Gasteiger partial charge in [0.1, 0.15) is 5.76 Å². The van der Waals surface area contributed by atoms with Crippen molar-refractivity contribution in [2.45, 2.75) is 31.9 Å². The van der Waals surface area contributed by atoms with Crippen LogP contribution in [0.1, 0.15) is 11.8 Å². The Labute approximate surface area is 128 Å². The van der Waals surface area contributed by atoms with Gasteiger partial charge in [-0.25, -0.2) is 5.06 Å². The molecule has 22 heavy (non-hydrogen) atoms. The van der Waals surface area contributed by atoms with Crippen LogP contribution in [0.2, 0.25) is 19.6 Å². The van der Waals surface area contributed by atoms with Crippen LogP contribution in [0, 0.1) is 0 Å². The van der Waals surface area contributed by atoms with Gasteiger partial charge in [-0.05, 0) is 43.9 Å². The third-order valence-electron chi connectivity index (χ3n) is 2.74. The largest absolute Gasteiger partial charge is 0.467 e. The van der Waals surface area contributed by atoms with Gasteiger partial charge in [-0.15, -0.1) is 0 Å². The van der Waals surface area contributed by atoms with E-state index in [1.807, 2.05) is 19.6 Å². The fourth-order valence-corrected chi connectivity index (χ4v) is 2.78. The van der Waals surface area contributed by atoms with Gasteiger partial charge in [0.15, 0.2) is 0 Å².